The Morgan fingerprint density at radius 3 is 2.75 bits per heavy atom. The van der Waals surface area contributed by atoms with E-state index >= 15 is 0 Å². The molecule has 5 nitrogen and oxygen atoms in total. The number of aliphatic carboxylic acids is 1. The SMILES string of the molecule is CC(O)(CNC(=O)C=Cc1cccc(Cl)c1)CC(=O)O. The van der Waals surface area contributed by atoms with Gasteiger partial charge in [0.15, 0.2) is 0 Å². The molecule has 0 bridgehead atoms. The summed E-state index contributed by atoms with van der Waals surface area (Å²) < 4.78 is 0. The van der Waals surface area contributed by atoms with Crippen molar-refractivity contribution in [3.63, 3.8) is 0 Å². The van der Waals surface area contributed by atoms with E-state index in [1.165, 1.54) is 13.0 Å². The number of aliphatic hydroxyl groups is 1. The molecular weight excluding hydrogens is 282 g/mol. The molecular formula is C14H16ClNO4. The molecule has 0 saturated heterocycles. The van der Waals surface area contributed by atoms with Crippen molar-refractivity contribution in [2.24, 2.45) is 0 Å². The fourth-order valence-corrected chi connectivity index (χ4v) is 1.71. The summed E-state index contributed by atoms with van der Waals surface area (Å²) in [5.74, 6) is -1.55. The lowest BCUT2D eigenvalue weighted by atomic mass is 10.0. The number of hydrogen-bond donors (Lipinski definition) is 3. The molecule has 1 rings (SSSR count). The standard InChI is InChI=1S/C14H16ClNO4/c1-14(20,8-13(18)19)9-16-12(17)6-5-10-3-2-4-11(15)7-10/h2-7,20H,8-9H2,1H3,(H,16,17)(H,18,19). The van der Waals surface area contributed by atoms with E-state index in [0.29, 0.717) is 5.02 Å². The van der Waals surface area contributed by atoms with E-state index < -0.39 is 23.9 Å². The average Bonchev–Trinajstić information content (AvgIpc) is 2.32. The van der Waals surface area contributed by atoms with Gasteiger partial charge in [-0.1, -0.05) is 23.7 Å². The Morgan fingerprint density at radius 2 is 2.15 bits per heavy atom. The number of carboxylic acids is 1. The first kappa shape index (κ1) is 16.2. The number of carboxylic acid groups (broad SMARTS) is 1. The minimum atomic E-state index is -1.48. The fraction of sp³-hybridized carbons (Fsp3) is 0.286. The van der Waals surface area contributed by atoms with Crippen molar-refractivity contribution in [2.75, 3.05) is 6.54 Å². The van der Waals surface area contributed by atoms with Crippen molar-refractivity contribution in [2.45, 2.75) is 18.9 Å². The zero-order valence-corrected chi connectivity index (χ0v) is 11.7. The molecule has 3 N–H and O–H groups in total. The highest BCUT2D eigenvalue weighted by Gasteiger charge is 2.24. The van der Waals surface area contributed by atoms with Crippen LogP contribution in [0, 0.1) is 0 Å². The number of halogens is 1. The van der Waals surface area contributed by atoms with Crippen LogP contribution >= 0.6 is 11.6 Å². The quantitative estimate of drug-likeness (QED) is 0.698. The number of carbonyl (C=O) groups is 2. The molecule has 1 aromatic carbocycles. The molecule has 1 atom stereocenters. The first-order valence-electron chi connectivity index (χ1n) is 5.94. The second-order valence-electron chi connectivity index (χ2n) is 4.67. The Morgan fingerprint density at radius 1 is 1.45 bits per heavy atom. The Balaban J connectivity index is 2.50. The zero-order chi connectivity index (χ0) is 15.2. The molecule has 0 aliphatic carbocycles. The van der Waals surface area contributed by atoms with Gasteiger partial charge >= 0.3 is 5.97 Å². The second-order valence-corrected chi connectivity index (χ2v) is 5.11. The predicted octanol–water partition coefficient (Wildman–Crippen LogP) is 1.70. The van der Waals surface area contributed by atoms with Gasteiger partial charge in [-0.15, -0.1) is 0 Å². The van der Waals surface area contributed by atoms with Gasteiger partial charge < -0.3 is 15.5 Å². The summed E-state index contributed by atoms with van der Waals surface area (Å²) in [7, 11) is 0. The molecule has 0 fully saturated rings. The topological polar surface area (TPSA) is 86.6 Å². The normalized spacial score (nSPS) is 13.9. The van der Waals surface area contributed by atoms with Crippen LogP contribution in [0.1, 0.15) is 18.9 Å². The molecule has 1 unspecified atom stereocenters. The van der Waals surface area contributed by atoms with Gasteiger partial charge in [0.05, 0.1) is 12.0 Å². The van der Waals surface area contributed by atoms with Crippen molar-refractivity contribution in [1.29, 1.82) is 0 Å². The average molecular weight is 298 g/mol. The van der Waals surface area contributed by atoms with Crippen LogP contribution in [0.3, 0.4) is 0 Å². The van der Waals surface area contributed by atoms with Crippen LogP contribution in [0.5, 0.6) is 0 Å². The maximum atomic E-state index is 11.5. The highest BCUT2D eigenvalue weighted by Crippen LogP contribution is 2.12. The third kappa shape index (κ3) is 6.36. The third-order valence-electron chi connectivity index (χ3n) is 2.45. The molecule has 1 aromatic rings. The lowest BCUT2D eigenvalue weighted by Gasteiger charge is -2.20. The summed E-state index contributed by atoms with van der Waals surface area (Å²) in [6, 6.07) is 6.97. The van der Waals surface area contributed by atoms with Crippen LogP contribution in [-0.2, 0) is 9.59 Å². The largest absolute Gasteiger partial charge is 0.481 e. The van der Waals surface area contributed by atoms with Crippen LogP contribution in [-0.4, -0.2) is 34.2 Å². The smallest absolute Gasteiger partial charge is 0.306 e. The van der Waals surface area contributed by atoms with Gasteiger partial charge in [0.25, 0.3) is 0 Å². The molecule has 0 aliphatic rings. The third-order valence-corrected chi connectivity index (χ3v) is 2.69. The predicted molar refractivity (Wildman–Crippen MR) is 76.4 cm³/mol. The van der Waals surface area contributed by atoms with Crippen LogP contribution in [0.2, 0.25) is 5.02 Å². The monoisotopic (exact) mass is 297 g/mol. The highest BCUT2D eigenvalue weighted by atomic mass is 35.5. The maximum absolute atomic E-state index is 11.5. The Labute approximate surface area is 121 Å². The minimum absolute atomic E-state index is 0.141. The summed E-state index contributed by atoms with van der Waals surface area (Å²) in [6.45, 7) is 1.21. The van der Waals surface area contributed by atoms with E-state index in [4.69, 9.17) is 16.7 Å². The number of carbonyl (C=O) groups excluding carboxylic acids is 1. The van der Waals surface area contributed by atoms with Crippen LogP contribution in [0.4, 0.5) is 0 Å². The lowest BCUT2D eigenvalue weighted by Crippen LogP contribution is -2.41. The van der Waals surface area contributed by atoms with E-state index in [9.17, 15) is 14.7 Å². The van der Waals surface area contributed by atoms with Gasteiger partial charge in [0, 0.05) is 17.6 Å². The van der Waals surface area contributed by atoms with E-state index in [2.05, 4.69) is 5.32 Å². The van der Waals surface area contributed by atoms with Crippen LogP contribution in [0.25, 0.3) is 6.08 Å². The second kappa shape index (κ2) is 7.07. The molecule has 20 heavy (non-hydrogen) atoms. The van der Waals surface area contributed by atoms with Crippen LogP contribution in [0.15, 0.2) is 30.3 Å². The Hall–Kier alpha value is -1.85. The molecule has 0 aromatic heterocycles. The molecule has 0 saturated carbocycles. The Kier molecular flexibility index (Phi) is 5.73. The molecule has 6 heteroatoms. The van der Waals surface area contributed by atoms with Crippen molar-refractivity contribution >= 4 is 29.6 Å². The van der Waals surface area contributed by atoms with Gasteiger partial charge in [0.2, 0.25) is 5.91 Å². The Bertz CT molecular complexity index is 526. The van der Waals surface area contributed by atoms with Gasteiger partial charge in [-0.2, -0.15) is 0 Å². The number of amides is 1. The minimum Gasteiger partial charge on any atom is -0.481 e. The molecule has 1 amide bonds. The molecule has 0 spiro atoms. The van der Waals surface area contributed by atoms with E-state index in [0.717, 1.165) is 5.56 Å². The van der Waals surface area contributed by atoms with Crippen molar-refractivity contribution in [1.82, 2.24) is 5.32 Å². The fourth-order valence-electron chi connectivity index (χ4n) is 1.51. The van der Waals surface area contributed by atoms with E-state index in [-0.39, 0.29) is 6.54 Å². The zero-order valence-electron chi connectivity index (χ0n) is 11.0. The van der Waals surface area contributed by atoms with Gasteiger partial charge in [-0.3, -0.25) is 9.59 Å². The number of benzene rings is 1. The van der Waals surface area contributed by atoms with Crippen LogP contribution < -0.4 is 5.32 Å². The van der Waals surface area contributed by atoms with Gasteiger partial charge in [-0.05, 0) is 30.7 Å². The molecule has 0 heterocycles. The summed E-state index contributed by atoms with van der Waals surface area (Å²) in [5, 5.41) is 21.3. The molecule has 0 radical (unpaired) electrons. The molecule has 0 aliphatic heterocycles. The number of nitrogens with one attached hydrogen (secondary N) is 1. The van der Waals surface area contributed by atoms with E-state index in [1.807, 2.05) is 0 Å². The van der Waals surface area contributed by atoms with Crippen molar-refractivity contribution in [3.8, 4) is 0 Å². The summed E-state index contributed by atoms with van der Waals surface area (Å²) in [4.78, 5) is 22.0. The van der Waals surface area contributed by atoms with E-state index in [1.54, 1.807) is 30.3 Å². The first-order chi connectivity index (χ1) is 9.28. The first-order valence-corrected chi connectivity index (χ1v) is 6.32. The van der Waals surface area contributed by atoms with Crippen molar-refractivity contribution < 1.29 is 19.8 Å². The summed E-state index contributed by atoms with van der Waals surface area (Å²) in [5.41, 5.74) is -0.712. The summed E-state index contributed by atoms with van der Waals surface area (Å²) in [6.07, 6.45) is 2.43. The highest BCUT2D eigenvalue weighted by molar-refractivity contribution is 6.30. The number of rotatable bonds is 6. The van der Waals surface area contributed by atoms with Gasteiger partial charge in [0.1, 0.15) is 0 Å². The summed E-state index contributed by atoms with van der Waals surface area (Å²) >= 11 is 5.81. The lowest BCUT2D eigenvalue weighted by molar-refractivity contribution is -0.142. The molecule has 108 valence electrons. The van der Waals surface area contributed by atoms with Gasteiger partial charge in [-0.25, -0.2) is 0 Å². The maximum Gasteiger partial charge on any atom is 0.306 e. The van der Waals surface area contributed by atoms with Crippen molar-refractivity contribution in [3.05, 3.63) is 40.9 Å². The number of hydrogen-bond acceptors (Lipinski definition) is 3.